The molecule has 1 aliphatic carbocycles. The van der Waals surface area contributed by atoms with Gasteiger partial charge >= 0.3 is 5.97 Å². The van der Waals surface area contributed by atoms with E-state index in [-0.39, 0.29) is 30.5 Å². The van der Waals surface area contributed by atoms with Gasteiger partial charge in [-0.05, 0) is 49.5 Å². The van der Waals surface area contributed by atoms with Gasteiger partial charge < -0.3 is 14.9 Å². The summed E-state index contributed by atoms with van der Waals surface area (Å²) in [6, 6.07) is 9.67. The number of hydrogen-bond donors (Lipinski definition) is 2. The highest BCUT2D eigenvalue weighted by Crippen LogP contribution is 2.34. The zero-order valence-electron chi connectivity index (χ0n) is 14.1. The third-order valence-corrected chi connectivity index (χ3v) is 4.74. The second-order valence-corrected chi connectivity index (χ2v) is 6.50. The van der Waals surface area contributed by atoms with Crippen LogP contribution in [-0.2, 0) is 16.1 Å². The van der Waals surface area contributed by atoms with Crippen LogP contribution in [0.4, 0.5) is 0 Å². The van der Waals surface area contributed by atoms with Crippen molar-refractivity contribution < 1.29 is 19.7 Å². The van der Waals surface area contributed by atoms with E-state index in [9.17, 15) is 15.0 Å². The molecule has 0 bridgehead atoms. The molecule has 4 nitrogen and oxygen atoms in total. The van der Waals surface area contributed by atoms with Crippen molar-refractivity contribution in [2.45, 2.75) is 51.2 Å². The van der Waals surface area contributed by atoms with E-state index in [2.05, 4.69) is 12.2 Å². The minimum absolute atomic E-state index is 0.156. The van der Waals surface area contributed by atoms with Gasteiger partial charge in [-0.15, -0.1) is 0 Å². The van der Waals surface area contributed by atoms with Crippen LogP contribution in [0, 0.1) is 11.8 Å². The molecule has 1 aromatic carbocycles. The van der Waals surface area contributed by atoms with E-state index >= 15 is 0 Å². The van der Waals surface area contributed by atoms with Crippen molar-refractivity contribution >= 4 is 5.97 Å². The minimum atomic E-state index is -0.292. The average Bonchev–Trinajstić information content (AvgIpc) is 2.97. The van der Waals surface area contributed by atoms with Crippen molar-refractivity contribution in [1.82, 2.24) is 0 Å². The third kappa shape index (κ3) is 6.10. The van der Waals surface area contributed by atoms with E-state index in [4.69, 9.17) is 4.74 Å². The van der Waals surface area contributed by atoms with E-state index in [1.807, 2.05) is 30.3 Å². The summed E-state index contributed by atoms with van der Waals surface area (Å²) in [5.41, 5.74) is 0.999. The number of benzene rings is 1. The number of rotatable bonds is 9. The molecule has 0 spiro atoms. The maximum Gasteiger partial charge on any atom is 0.306 e. The van der Waals surface area contributed by atoms with Crippen LogP contribution >= 0.6 is 0 Å². The van der Waals surface area contributed by atoms with E-state index < -0.39 is 0 Å². The quantitative estimate of drug-likeness (QED) is 0.414. The lowest BCUT2D eigenvalue weighted by molar-refractivity contribution is -0.145. The van der Waals surface area contributed by atoms with Crippen molar-refractivity contribution in [3.8, 4) is 0 Å². The molecule has 0 aliphatic heterocycles. The van der Waals surface area contributed by atoms with Crippen LogP contribution in [0.1, 0.15) is 44.1 Å². The van der Waals surface area contributed by atoms with Crippen LogP contribution in [0.2, 0.25) is 0 Å². The molecule has 4 heteroatoms. The largest absolute Gasteiger partial charge is 0.461 e. The molecular weight excluding hydrogens is 304 g/mol. The van der Waals surface area contributed by atoms with Gasteiger partial charge in [-0.1, -0.05) is 42.5 Å². The van der Waals surface area contributed by atoms with Crippen molar-refractivity contribution in [3.05, 3.63) is 48.0 Å². The summed E-state index contributed by atoms with van der Waals surface area (Å²) in [5.74, 6) is 0.221. The second kappa shape index (κ2) is 10.3. The molecule has 0 saturated heterocycles. The summed E-state index contributed by atoms with van der Waals surface area (Å²) in [7, 11) is 0. The standard InChI is InChI=1S/C20H28O4/c21-14-17-12-13-19(22)18(17)10-6-1-2-7-11-20(23)24-15-16-8-4-3-5-9-16/h1,3-6,8-9,17-19,21-22H,2,7,10-15H2/b6-1-/t17-,18-,19+/m1/s1. The lowest BCUT2D eigenvalue weighted by Crippen LogP contribution is -2.20. The molecule has 1 saturated carbocycles. The Hall–Kier alpha value is -1.65. The van der Waals surface area contributed by atoms with Gasteiger partial charge in [-0.3, -0.25) is 4.79 Å². The highest BCUT2D eigenvalue weighted by molar-refractivity contribution is 5.69. The second-order valence-electron chi connectivity index (χ2n) is 6.50. The average molecular weight is 332 g/mol. The number of esters is 1. The molecular formula is C20H28O4. The van der Waals surface area contributed by atoms with Crippen molar-refractivity contribution in [2.24, 2.45) is 11.8 Å². The number of carbonyl (C=O) groups excluding carboxylic acids is 1. The van der Waals surface area contributed by atoms with Gasteiger partial charge in [0.2, 0.25) is 0 Å². The van der Waals surface area contributed by atoms with Gasteiger partial charge in [0.05, 0.1) is 6.10 Å². The van der Waals surface area contributed by atoms with Crippen molar-refractivity contribution in [3.63, 3.8) is 0 Å². The summed E-state index contributed by atoms with van der Waals surface area (Å²) < 4.78 is 5.23. The first-order chi connectivity index (χ1) is 11.7. The van der Waals surface area contributed by atoms with Gasteiger partial charge in [-0.25, -0.2) is 0 Å². The van der Waals surface area contributed by atoms with Crippen LogP contribution in [-0.4, -0.2) is 28.9 Å². The van der Waals surface area contributed by atoms with Gasteiger partial charge in [0.1, 0.15) is 6.61 Å². The monoisotopic (exact) mass is 332 g/mol. The molecule has 0 heterocycles. The molecule has 1 aliphatic rings. The molecule has 24 heavy (non-hydrogen) atoms. The number of hydrogen-bond acceptors (Lipinski definition) is 4. The number of unbranched alkanes of at least 4 members (excludes halogenated alkanes) is 1. The predicted octanol–water partition coefficient (Wildman–Crippen LogP) is 3.23. The van der Waals surface area contributed by atoms with E-state index in [0.29, 0.717) is 13.0 Å². The van der Waals surface area contributed by atoms with Crippen LogP contribution < -0.4 is 0 Å². The Morgan fingerprint density at radius 1 is 1.21 bits per heavy atom. The maximum atomic E-state index is 11.7. The fraction of sp³-hybridized carbons (Fsp3) is 0.550. The summed E-state index contributed by atoms with van der Waals surface area (Å²) in [6.07, 6.45) is 8.34. The zero-order valence-corrected chi connectivity index (χ0v) is 14.1. The predicted molar refractivity (Wildman–Crippen MR) is 93.2 cm³/mol. The van der Waals surface area contributed by atoms with Gasteiger partial charge in [0, 0.05) is 13.0 Å². The molecule has 0 radical (unpaired) electrons. The summed E-state index contributed by atoms with van der Waals surface area (Å²) in [5, 5.41) is 19.2. The zero-order chi connectivity index (χ0) is 17.2. The molecule has 132 valence electrons. The Balaban J connectivity index is 1.56. The highest BCUT2D eigenvalue weighted by atomic mass is 16.5. The third-order valence-electron chi connectivity index (χ3n) is 4.74. The first kappa shape index (κ1) is 18.7. The lowest BCUT2D eigenvalue weighted by Gasteiger charge is -2.18. The van der Waals surface area contributed by atoms with E-state index in [0.717, 1.165) is 37.7 Å². The number of aliphatic hydroxyl groups excluding tert-OH is 2. The van der Waals surface area contributed by atoms with Crippen LogP contribution in [0.25, 0.3) is 0 Å². The van der Waals surface area contributed by atoms with Gasteiger partial charge in [0.15, 0.2) is 0 Å². The Morgan fingerprint density at radius 3 is 2.75 bits per heavy atom. The summed E-state index contributed by atoms with van der Waals surface area (Å²) >= 11 is 0. The Morgan fingerprint density at radius 2 is 2.00 bits per heavy atom. The van der Waals surface area contributed by atoms with Crippen LogP contribution in [0.5, 0.6) is 0 Å². The number of aliphatic hydroxyl groups is 2. The number of allylic oxidation sites excluding steroid dienone is 2. The topological polar surface area (TPSA) is 66.8 Å². The van der Waals surface area contributed by atoms with Gasteiger partial charge in [-0.2, -0.15) is 0 Å². The lowest BCUT2D eigenvalue weighted by atomic mass is 9.92. The first-order valence-electron chi connectivity index (χ1n) is 8.84. The molecule has 0 aromatic heterocycles. The molecule has 0 amide bonds. The maximum absolute atomic E-state index is 11.7. The van der Waals surface area contributed by atoms with Crippen LogP contribution in [0.3, 0.4) is 0 Å². The summed E-state index contributed by atoms with van der Waals surface area (Å²) in [6.45, 7) is 0.487. The smallest absolute Gasteiger partial charge is 0.306 e. The minimum Gasteiger partial charge on any atom is -0.461 e. The SMILES string of the molecule is O=C(CCC/C=C\C[C@@H]1[C@@H](CO)CC[C@@H]1O)OCc1ccccc1. The Labute approximate surface area is 144 Å². The Bertz CT molecular complexity index is 512. The molecule has 1 aromatic rings. The first-order valence-corrected chi connectivity index (χ1v) is 8.84. The fourth-order valence-corrected chi connectivity index (χ4v) is 3.25. The highest BCUT2D eigenvalue weighted by Gasteiger charge is 2.33. The molecule has 3 atom stereocenters. The summed E-state index contributed by atoms with van der Waals surface area (Å²) in [4.78, 5) is 11.7. The molecule has 1 fully saturated rings. The van der Waals surface area contributed by atoms with Crippen LogP contribution in [0.15, 0.2) is 42.5 Å². The Kier molecular flexibility index (Phi) is 7.99. The molecule has 2 N–H and O–H groups in total. The molecule has 2 rings (SSSR count). The normalized spacial score (nSPS) is 23.7. The van der Waals surface area contributed by atoms with Crippen molar-refractivity contribution in [1.29, 1.82) is 0 Å². The van der Waals surface area contributed by atoms with E-state index in [1.54, 1.807) is 0 Å². The fourth-order valence-electron chi connectivity index (χ4n) is 3.25. The molecule has 0 unspecified atom stereocenters. The van der Waals surface area contributed by atoms with E-state index in [1.165, 1.54) is 0 Å². The number of carbonyl (C=O) groups is 1. The van der Waals surface area contributed by atoms with Crippen molar-refractivity contribution in [2.75, 3.05) is 6.61 Å². The van der Waals surface area contributed by atoms with Gasteiger partial charge in [0.25, 0.3) is 0 Å². The number of ether oxygens (including phenoxy) is 1.